The first-order valence-electron chi connectivity index (χ1n) is 7.53. The van der Waals surface area contributed by atoms with Crippen LogP contribution in [-0.4, -0.2) is 11.7 Å². The van der Waals surface area contributed by atoms with Crippen LogP contribution in [0.3, 0.4) is 0 Å². The van der Waals surface area contributed by atoms with E-state index >= 15 is 0 Å². The maximum absolute atomic E-state index is 9.39. The van der Waals surface area contributed by atoms with Crippen molar-refractivity contribution in [3.05, 3.63) is 64.7 Å². The molecule has 0 saturated heterocycles. The van der Waals surface area contributed by atoms with Gasteiger partial charge in [-0.05, 0) is 37.1 Å². The van der Waals surface area contributed by atoms with Gasteiger partial charge in [-0.25, -0.2) is 0 Å². The lowest BCUT2D eigenvalue weighted by atomic mass is 10.1. The molecule has 2 nitrogen and oxygen atoms in total. The lowest BCUT2D eigenvalue weighted by Crippen LogP contribution is -2.06. The number of rotatable bonds is 4. The van der Waals surface area contributed by atoms with Crippen molar-refractivity contribution in [3.8, 4) is 17.6 Å². The van der Waals surface area contributed by atoms with E-state index in [1.165, 1.54) is 5.56 Å². The van der Waals surface area contributed by atoms with E-state index < -0.39 is 0 Å². The maximum Gasteiger partial charge on any atom is 0.126 e. The summed E-state index contributed by atoms with van der Waals surface area (Å²) >= 11 is 0. The van der Waals surface area contributed by atoms with Crippen molar-refractivity contribution in [1.82, 2.24) is 0 Å². The molecule has 2 aromatic carbocycles. The molecule has 0 heterocycles. The van der Waals surface area contributed by atoms with Gasteiger partial charge in [0.1, 0.15) is 5.75 Å². The molecule has 0 atom stereocenters. The highest BCUT2D eigenvalue weighted by atomic mass is 16.5. The molecule has 0 unspecified atom stereocenters. The molecule has 2 rings (SSSR count). The van der Waals surface area contributed by atoms with Gasteiger partial charge >= 0.3 is 0 Å². The van der Waals surface area contributed by atoms with Crippen LogP contribution in [0.4, 0.5) is 0 Å². The summed E-state index contributed by atoms with van der Waals surface area (Å²) in [7, 11) is 0. The standard InChI is InChI=1S/C20H22O2/c1-15(2)14-22-20-12-18(10-11-19(20)13-21)9-8-17-6-4-16(3)5-7-17/h4-7,10-12,15,21H,13-14H2,1-3H3. The summed E-state index contributed by atoms with van der Waals surface area (Å²) in [6.07, 6.45) is 0. The van der Waals surface area contributed by atoms with Crippen molar-refractivity contribution in [2.45, 2.75) is 27.4 Å². The molecule has 0 spiro atoms. The summed E-state index contributed by atoms with van der Waals surface area (Å²) in [4.78, 5) is 0. The second-order valence-corrected chi connectivity index (χ2v) is 5.80. The number of hydrogen-bond donors (Lipinski definition) is 1. The molecule has 0 fully saturated rings. The fourth-order valence-electron chi connectivity index (χ4n) is 1.93. The molecule has 0 aliphatic carbocycles. The fraction of sp³-hybridized carbons (Fsp3) is 0.300. The van der Waals surface area contributed by atoms with Crippen molar-refractivity contribution in [3.63, 3.8) is 0 Å². The van der Waals surface area contributed by atoms with E-state index in [4.69, 9.17) is 4.74 Å². The van der Waals surface area contributed by atoms with Crippen LogP contribution in [0.2, 0.25) is 0 Å². The van der Waals surface area contributed by atoms with Gasteiger partial charge in [0.25, 0.3) is 0 Å². The molecular formula is C20H22O2. The van der Waals surface area contributed by atoms with Crippen LogP contribution >= 0.6 is 0 Å². The molecule has 22 heavy (non-hydrogen) atoms. The number of aliphatic hydroxyl groups excluding tert-OH is 1. The summed E-state index contributed by atoms with van der Waals surface area (Å²) in [5.74, 6) is 7.45. The van der Waals surface area contributed by atoms with E-state index in [9.17, 15) is 5.11 Å². The molecule has 114 valence electrons. The Balaban J connectivity index is 2.21. The van der Waals surface area contributed by atoms with Gasteiger partial charge in [-0.3, -0.25) is 0 Å². The molecule has 0 bridgehead atoms. The van der Waals surface area contributed by atoms with E-state index in [2.05, 4.69) is 44.7 Å². The summed E-state index contributed by atoms with van der Waals surface area (Å²) < 4.78 is 5.77. The highest BCUT2D eigenvalue weighted by molar-refractivity contribution is 5.48. The van der Waals surface area contributed by atoms with Crippen LogP contribution < -0.4 is 4.74 Å². The average Bonchev–Trinajstić information content (AvgIpc) is 2.52. The number of benzene rings is 2. The normalized spacial score (nSPS) is 10.2. The van der Waals surface area contributed by atoms with Crippen molar-refractivity contribution < 1.29 is 9.84 Å². The van der Waals surface area contributed by atoms with Gasteiger partial charge in [-0.1, -0.05) is 49.5 Å². The molecule has 2 aromatic rings. The van der Waals surface area contributed by atoms with E-state index in [0.717, 1.165) is 16.7 Å². The van der Waals surface area contributed by atoms with Crippen LogP contribution in [0, 0.1) is 24.7 Å². The smallest absolute Gasteiger partial charge is 0.126 e. The lowest BCUT2D eigenvalue weighted by molar-refractivity contribution is 0.246. The van der Waals surface area contributed by atoms with Gasteiger partial charge in [0.2, 0.25) is 0 Å². The van der Waals surface area contributed by atoms with E-state index in [1.54, 1.807) is 0 Å². The Morgan fingerprint density at radius 1 is 1.00 bits per heavy atom. The fourth-order valence-corrected chi connectivity index (χ4v) is 1.93. The molecule has 0 radical (unpaired) electrons. The summed E-state index contributed by atoms with van der Waals surface area (Å²) in [6, 6.07) is 13.8. The Hall–Kier alpha value is -2.24. The third-order valence-corrected chi connectivity index (χ3v) is 3.21. The summed E-state index contributed by atoms with van der Waals surface area (Å²) in [6.45, 7) is 6.85. The van der Waals surface area contributed by atoms with Crippen molar-refractivity contribution in [2.75, 3.05) is 6.61 Å². The second kappa shape index (κ2) is 7.68. The minimum atomic E-state index is -0.0287. The van der Waals surface area contributed by atoms with Crippen molar-refractivity contribution in [2.24, 2.45) is 5.92 Å². The minimum absolute atomic E-state index is 0.0287. The Morgan fingerprint density at radius 2 is 1.64 bits per heavy atom. The zero-order valence-corrected chi connectivity index (χ0v) is 13.4. The third-order valence-electron chi connectivity index (χ3n) is 3.21. The van der Waals surface area contributed by atoms with Crippen molar-refractivity contribution in [1.29, 1.82) is 0 Å². The van der Waals surface area contributed by atoms with Crippen LogP contribution in [0.15, 0.2) is 42.5 Å². The highest BCUT2D eigenvalue weighted by Gasteiger charge is 2.05. The minimum Gasteiger partial charge on any atom is -0.493 e. The molecule has 0 aromatic heterocycles. The quantitative estimate of drug-likeness (QED) is 0.866. The molecule has 1 N–H and O–H groups in total. The molecule has 0 aliphatic heterocycles. The predicted octanol–water partition coefficient (Wildman–Crippen LogP) is 3.92. The number of ether oxygens (including phenoxy) is 1. The van der Waals surface area contributed by atoms with Gasteiger partial charge in [0.05, 0.1) is 13.2 Å². The molecule has 0 aliphatic rings. The Morgan fingerprint density at radius 3 is 2.27 bits per heavy atom. The third kappa shape index (κ3) is 4.65. The number of aryl methyl sites for hydroxylation is 1. The molecule has 0 amide bonds. The van der Waals surface area contributed by atoms with Crippen molar-refractivity contribution >= 4 is 0 Å². The zero-order valence-electron chi connectivity index (χ0n) is 13.4. The van der Waals surface area contributed by atoms with Gasteiger partial charge in [0.15, 0.2) is 0 Å². The van der Waals surface area contributed by atoms with E-state index in [-0.39, 0.29) is 6.61 Å². The molecule has 2 heteroatoms. The highest BCUT2D eigenvalue weighted by Crippen LogP contribution is 2.21. The van der Waals surface area contributed by atoms with E-state index in [0.29, 0.717) is 18.3 Å². The predicted molar refractivity (Wildman–Crippen MR) is 89.9 cm³/mol. The summed E-state index contributed by atoms with van der Waals surface area (Å²) in [5, 5.41) is 9.39. The SMILES string of the molecule is Cc1ccc(C#Cc2ccc(CO)c(OCC(C)C)c2)cc1. The van der Waals surface area contributed by atoms with Crippen LogP contribution in [0.1, 0.15) is 36.1 Å². The Labute approximate surface area is 132 Å². The molecule has 0 saturated carbocycles. The van der Waals surface area contributed by atoms with E-state index in [1.807, 2.05) is 30.3 Å². The van der Waals surface area contributed by atoms with Gasteiger partial charge in [0, 0.05) is 16.7 Å². The Bertz CT molecular complexity index is 673. The topological polar surface area (TPSA) is 29.5 Å². The average molecular weight is 294 g/mol. The lowest BCUT2D eigenvalue weighted by Gasteiger charge is -2.12. The second-order valence-electron chi connectivity index (χ2n) is 5.80. The first kappa shape index (κ1) is 16.1. The van der Waals surface area contributed by atoms with Crippen LogP contribution in [0.5, 0.6) is 5.75 Å². The zero-order chi connectivity index (χ0) is 15.9. The summed E-state index contributed by atoms with van der Waals surface area (Å²) in [5.41, 5.74) is 3.89. The largest absolute Gasteiger partial charge is 0.493 e. The van der Waals surface area contributed by atoms with Gasteiger partial charge in [-0.15, -0.1) is 0 Å². The van der Waals surface area contributed by atoms with Crippen LogP contribution in [0.25, 0.3) is 0 Å². The van der Waals surface area contributed by atoms with Crippen LogP contribution in [-0.2, 0) is 6.61 Å². The van der Waals surface area contributed by atoms with Gasteiger partial charge < -0.3 is 9.84 Å². The number of hydrogen-bond acceptors (Lipinski definition) is 2. The first-order chi connectivity index (χ1) is 10.6. The first-order valence-corrected chi connectivity index (χ1v) is 7.53. The van der Waals surface area contributed by atoms with Gasteiger partial charge in [-0.2, -0.15) is 0 Å². The molecular weight excluding hydrogens is 272 g/mol. The monoisotopic (exact) mass is 294 g/mol. The Kier molecular flexibility index (Phi) is 5.63. The maximum atomic E-state index is 9.39. The number of aliphatic hydroxyl groups is 1.